The van der Waals surface area contributed by atoms with Gasteiger partial charge in [0.05, 0.1) is 6.61 Å². The Morgan fingerprint density at radius 3 is 2.89 bits per heavy atom. The summed E-state index contributed by atoms with van der Waals surface area (Å²) in [5.74, 6) is 1.04. The zero-order valence-electron chi connectivity index (χ0n) is 11.1. The van der Waals surface area contributed by atoms with Crippen molar-refractivity contribution in [2.24, 2.45) is 5.92 Å². The van der Waals surface area contributed by atoms with Crippen LogP contribution in [0.25, 0.3) is 0 Å². The normalized spacial score (nSPS) is 18.9. The van der Waals surface area contributed by atoms with Gasteiger partial charge in [0.15, 0.2) is 0 Å². The average Bonchev–Trinajstić information content (AvgIpc) is 2.79. The lowest BCUT2D eigenvalue weighted by Crippen LogP contribution is -2.32. The molecule has 1 aliphatic rings. The summed E-state index contributed by atoms with van der Waals surface area (Å²) >= 11 is 0. The van der Waals surface area contributed by atoms with Crippen molar-refractivity contribution in [1.29, 1.82) is 0 Å². The molecule has 18 heavy (non-hydrogen) atoms. The van der Waals surface area contributed by atoms with Gasteiger partial charge in [-0.05, 0) is 26.3 Å². The van der Waals surface area contributed by atoms with Crippen molar-refractivity contribution in [1.82, 2.24) is 14.9 Å². The molecule has 5 heteroatoms. The monoisotopic (exact) mass is 249 g/mol. The summed E-state index contributed by atoms with van der Waals surface area (Å²) in [6.45, 7) is 5.95. The van der Waals surface area contributed by atoms with Gasteiger partial charge in [-0.15, -0.1) is 0 Å². The first-order valence-corrected chi connectivity index (χ1v) is 6.22. The fourth-order valence-corrected chi connectivity index (χ4v) is 2.22. The van der Waals surface area contributed by atoms with E-state index in [9.17, 15) is 4.79 Å². The molecule has 1 amide bonds. The Bertz CT molecular complexity index is 422. The fourth-order valence-electron chi connectivity index (χ4n) is 2.22. The van der Waals surface area contributed by atoms with Crippen LogP contribution in [0.3, 0.4) is 0 Å². The van der Waals surface area contributed by atoms with E-state index in [0.717, 1.165) is 31.9 Å². The van der Waals surface area contributed by atoms with Crippen LogP contribution in [0.4, 0.5) is 0 Å². The molecule has 98 valence electrons. The molecule has 0 bridgehead atoms. The number of hydrogen-bond donors (Lipinski definition) is 0. The van der Waals surface area contributed by atoms with Crippen molar-refractivity contribution in [2.45, 2.75) is 20.3 Å². The van der Waals surface area contributed by atoms with Gasteiger partial charge in [0.2, 0.25) is 0 Å². The number of carbonyl (C=O) groups excluding carboxylic acids is 1. The van der Waals surface area contributed by atoms with Crippen molar-refractivity contribution >= 4 is 5.91 Å². The maximum absolute atomic E-state index is 12.2. The Morgan fingerprint density at radius 2 is 2.28 bits per heavy atom. The van der Waals surface area contributed by atoms with Gasteiger partial charge in [-0.3, -0.25) is 4.79 Å². The second-order valence-electron chi connectivity index (χ2n) is 4.86. The quantitative estimate of drug-likeness (QED) is 0.807. The van der Waals surface area contributed by atoms with Crippen LogP contribution < -0.4 is 0 Å². The molecular formula is C13H19N3O2. The van der Waals surface area contributed by atoms with E-state index < -0.39 is 0 Å². The molecule has 0 spiro atoms. The van der Waals surface area contributed by atoms with Gasteiger partial charge >= 0.3 is 0 Å². The standard InChI is InChI=1S/C13H19N3O2/c1-9-6-12(15-10(2)14-9)13(17)16(3)7-11-4-5-18-8-11/h6,11H,4-5,7-8H2,1-3H3. The highest BCUT2D eigenvalue weighted by molar-refractivity contribution is 5.92. The molecule has 1 aromatic heterocycles. The molecule has 1 aromatic rings. The number of nitrogens with zero attached hydrogens (tertiary/aromatic N) is 3. The van der Waals surface area contributed by atoms with Crippen LogP contribution in [0.2, 0.25) is 0 Å². The molecule has 2 heterocycles. The highest BCUT2D eigenvalue weighted by Gasteiger charge is 2.21. The average molecular weight is 249 g/mol. The predicted octanol–water partition coefficient (Wildman–Crippen LogP) is 1.20. The Morgan fingerprint density at radius 1 is 1.50 bits per heavy atom. The molecule has 0 saturated carbocycles. The van der Waals surface area contributed by atoms with Crippen LogP contribution >= 0.6 is 0 Å². The minimum atomic E-state index is -0.0458. The SMILES string of the molecule is Cc1cc(C(=O)N(C)CC2CCOC2)nc(C)n1. The largest absolute Gasteiger partial charge is 0.381 e. The van der Waals surface area contributed by atoms with E-state index in [0.29, 0.717) is 17.4 Å². The third-order valence-corrected chi connectivity index (χ3v) is 3.09. The smallest absolute Gasteiger partial charge is 0.272 e. The molecule has 5 nitrogen and oxygen atoms in total. The van der Waals surface area contributed by atoms with E-state index in [1.807, 2.05) is 14.0 Å². The van der Waals surface area contributed by atoms with Crippen molar-refractivity contribution < 1.29 is 9.53 Å². The van der Waals surface area contributed by atoms with Crippen LogP contribution in [0.15, 0.2) is 6.07 Å². The molecule has 0 N–H and O–H groups in total. The summed E-state index contributed by atoms with van der Waals surface area (Å²) < 4.78 is 5.32. The predicted molar refractivity (Wildman–Crippen MR) is 67.4 cm³/mol. The van der Waals surface area contributed by atoms with Gasteiger partial charge in [0.25, 0.3) is 5.91 Å². The Kier molecular flexibility index (Phi) is 3.91. The van der Waals surface area contributed by atoms with E-state index >= 15 is 0 Å². The highest BCUT2D eigenvalue weighted by Crippen LogP contribution is 2.14. The summed E-state index contributed by atoms with van der Waals surface area (Å²) in [4.78, 5) is 22.3. The minimum absolute atomic E-state index is 0.0458. The molecular weight excluding hydrogens is 230 g/mol. The number of ether oxygens (including phenoxy) is 1. The summed E-state index contributed by atoms with van der Waals surface area (Å²) in [6.07, 6.45) is 1.03. The minimum Gasteiger partial charge on any atom is -0.381 e. The number of rotatable bonds is 3. The van der Waals surface area contributed by atoms with Crippen molar-refractivity contribution in [3.8, 4) is 0 Å². The molecule has 1 unspecified atom stereocenters. The lowest BCUT2D eigenvalue weighted by atomic mass is 10.1. The first kappa shape index (κ1) is 13.0. The number of carbonyl (C=O) groups is 1. The molecule has 1 atom stereocenters. The molecule has 0 radical (unpaired) electrons. The van der Waals surface area contributed by atoms with Crippen molar-refractivity contribution in [2.75, 3.05) is 26.8 Å². The number of aryl methyl sites for hydroxylation is 2. The number of aromatic nitrogens is 2. The third-order valence-electron chi connectivity index (χ3n) is 3.09. The number of hydrogen-bond acceptors (Lipinski definition) is 4. The van der Waals surface area contributed by atoms with Gasteiger partial charge in [0, 0.05) is 31.8 Å². The molecule has 1 saturated heterocycles. The van der Waals surface area contributed by atoms with Crippen LogP contribution in [0.5, 0.6) is 0 Å². The van der Waals surface area contributed by atoms with Crippen LogP contribution in [0.1, 0.15) is 28.4 Å². The lowest BCUT2D eigenvalue weighted by molar-refractivity contribution is 0.0759. The van der Waals surface area contributed by atoms with Crippen LogP contribution in [0, 0.1) is 19.8 Å². The maximum Gasteiger partial charge on any atom is 0.272 e. The van der Waals surface area contributed by atoms with E-state index in [-0.39, 0.29) is 5.91 Å². The van der Waals surface area contributed by atoms with Gasteiger partial charge in [-0.2, -0.15) is 0 Å². The van der Waals surface area contributed by atoms with Crippen LogP contribution in [-0.4, -0.2) is 47.6 Å². The zero-order valence-corrected chi connectivity index (χ0v) is 11.1. The number of amides is 1. The lowest BCUT2D eigenvalue weighted by Gasteiger charge is -2.20. The molecule has 0 aromatic carbocycles. The fraction of sp³-hybridized carbons (Fsp3) is 0.615. The van der Waals surface area contributed by atoms with E-state index in [1.165, 1.54) is 0 Å². The Balaban J connectivity index is 2.04. The van der Waals surface area contributed by atoms with Crippen molar-refractivity contribution in [3.05, 3.63) is 23.3 Å². The second-order valence-corrected chi connectivity index (χ2v) is 4.86. The molecule has 1 aliphatic heterocycles. The molecule has 0 aliphatic carbocycles. The van der Waals surface area contributed by atoms with E-state index in [2.05, 4.69) is 9.97 Å². The molecule has 2 rings (SSSR count). The van der Waals surface area contributed by atoms with Gasteiger partial charge in [-0.25, -0.2) is 9.97 Å². The Hall–Kier alpha value is -1.49. The first-order chi connectivity index (χ1) is 8.56. The summed E-state index contributed by atoms with van der Waals surface area (Å²) in [6, 6.07) is 1.73. The second kappa shape index (κ2) is 5.44. The zero-order chi connectivity index (χ0) is 13.1. The summed E-state index contributed by atoms with van der Waals surface area (Å²) in [5, 5.41) is 0. The first-order valence-electron chi connectivity index (χ1n) is 6.22. The summed E-state index contributed by atoms with van der Waals surface area (Å²) in [7, 11) is 1.81. The highest BCUT2D eigenvalue weighted by atomic mass is 16.5. The summed E-state index contributed by atoms with van der Waals surface area (Å²) in [5.41, 5.74) is 1.30. The molecule has 1 fully saturated rings. The van der Waals surface area contributed by atoms with E-state index in [1.54, 1.807) is 17.9 Å². The van der Waals surface area contributed by atoms with Crippen LogP contribution in [-0.2, 0) is 4.74 Å². The maximum atomic E-state index is 12.2. The van der Waals surface area contributed by atoms with Crippen molar-refractivity contribution in [3.63, 3.8) is 0 Å². The van der Waals surface area contributed by atoms with E-state index in [4.69, 9.17) is 4.74 Å². The third kappa shape index (κ3) is 3.04. The van der Waals surface area contributed by atoms with Gasteiger partial charge in [-0.1, -0.05) is 0 Å². The van der Waals surface area contributed by atoms with Gasteiger partial charge < -0.3 is 9.64 Å². The topological polar surface area (TPSA) is 55.3 Å². The van der Waals surface area contributed by atoms with Gasteiger partial charge in [0.1, 0.15) is 11.5 Å². The Labute approximate surface area is 107 Å².